The lowest BCUT2D eigenvalue weighted by Crippen LogP contribution is -2.34. The van der Waals surface area contributed by atoms with Crippen molar-refractivity contribution in [1.29, 1.82) is 0 Å². The number of aryl methyl sites for hydroxylation is 2. The number of H-pyrrole nitrogens is 1. The number of carbonyl (C=O) groups is 2. The van der Waals surface area contributed by atoms with Crippen LogP contribution in [0.4, 0.5) is 0 Å². The molecule has 0 spiro atoms. The molecule has 1 aliphatic heterocycles. The molecule has 0 radical (unpaired) electrons. The summed E-state index contributed by atoms with van der Waals surface area (Å²) in [6, 6.07) is 13.7. The molecule has 1 saturated heterocycles. The van der Waals surface area contributed by atoms with Crippen molar-refractivity contribution in [3.05, 3.63) is 103 Å². The van der Waals surface area contributed by atoms with E-state index < -0.39 is 48.2 Å². The molecule has 10 heteroatoms. The zero-order valence-electron chi connectivity index (χ0n) is 19.8. The van der Waals surface area contributed by atoms with Gasteiger partial charge in [0.15, 0.2) is 0 Å². The number of nitrogens with one attached hydrogen (secondary N) is 1. The predicted octanol–water partition coefficient (Wildman–Crippen LogP) is 2.02. The first-order valence-corrected chi connectivity index (χ1v) is 11.4. The van der Waals surface area contributed by atoms with E-state index in [0.717, 1.165) is 15.7 Å². The molecule has 0 aliphatic carbocycles. The summed E-state index contributed by atoms with van der Waals surface area (Å²) < 4.78 is 18.2. The van der Waals surface area contributed by atoms with Gasteiger partial charge in [0.2, 0.25) is 0 Å². The van der Waals surface area contributed by atoms with E-state index in [1.54, 1.807) is 48.5 Å². The molecule has 0 saturated carbocycles. The van der Waals surface area contributed by atoms with Crippen LogP contribution in [0.25, 0.3) is 0 Å². The lowest BCUT2D eigenvalue weighted by atomic mass is 10.1. The van der Waals surface area contributed by atoms with Gasteiger partial charge in [0.05, 0.1) is 23.3 Å². The summed E-state index contributed by atoms with van der Waals surface area (Å²) in [6.45, 7) is 2.98. The Bertz CT molecular complexity index is 1360. The van der Waals surface area contributed by atoms with Crippen molar-refractivity contribution in [2.24, 2.45) is 0 Å². The van der Waals surface area contributed by atoms with Crippen LogP contribution in [0, 0.1) is 13.8 Å². The normalized spacial score (nSPS) is 19.1. The highest BCUT2D eigenvalue weighted by Gasteiger charge is 2.40. The van der Waals surface area contributed by atoms with Crippen molar-refractivity contribution in [1.82, 2.24) is 9.55 Å². The topological polar surface area (TPSA) is 137 Å². The van der Waals surface area contributed by atoms with Crippen LogP contribution in [-0.4, -0.2) is 45.4 Å². The third-order valence-electron chi connectivity index (χ3n) is 5.91. The number of carbonyl (C=O) groups excluding carboxylic acids is 2. The minimum Gasteiger partial charge on any atom is -0.459 e. The van der Waals surface area contributed by atoms with Gasteiger partial charge in [0.25, 0.3) is 5.56 Å². The lowest BCUT2D eigenvalue weighted by Gasteiger charge is -2.19. The average Bonchev–Trinajstić information content (AvgIpc) is 3.25. The predicted molar refractivity (Wildman–Crippen MR) is 128 cm³/mol. The van der Waals surface area contributed by atoms with E-state index >= 15 is 0 Å². The molecule has 2 N–H and O–H groups in total. The molecule has 0 amide bonds. The third kappa shape index (κ3) is 5.61. The Kier molecular flexibility index (Phi) is 7.47. The van der Waals surface area contributed by atoms with E-state index in [2.05, 4.69) is 4.98 Å². The molecular weight excluding hydrogens is 468 g/mol. The molecule has 2 heterocycles. The summed E-state index contributed by atoms with van der Waals surface area (Å²) in [5, 5.41) is 9.41. The summed E-state index contributed by atoms with van der Waals surface area (Å²) in [5.41, 5.74) is 1.18. The molecule has 188 valence electrons. The molecule has 2 aromatic carbocycles. The van der Waals surface area contributed by atoms with Gasteiger partial charge in [0, 0.05) is 12.6 Å². The largest absolute Gasteiger partial charge is 0.459 e. The van der Waals surface area contributed by atoms with Crippen LogP contribution >= 0.6 is 0 Å². The van der Waals surface area contributed by atoms with E-state index in [1.165, 1.54) is 6.20 Å². The van der Waals surface area contributed by atoms with Crippen molar-refractivity contribution in [3.8, 4) is 0 Å². The van der Waals surface area contributed by atoms with Gasteiger partial charge < -0.3 is 19.3 Å². The maximum atomic E-state index is 12.8. The van der Waals surface area contributed by atoms with E-state index in [9.17, 15) is 24.3 Å². The van der Waals surface area contributed by atoms with E-state index in [0.29, 0.717) is 11.1 Å². The van der Waals surface area contributed by atoms with E-state index in [4.69, 9.17) is 14.2 Å². The van der Waals surface area contributed by atoms with Crippen LogP contribution in [0.2, 0.25) is 0 Å². The summed E-state index contributed by atoms with van der Waals surface area (Å²) in [7, 11) is 0. The molecule has 1 fully saturated rings. The van der Waals surface area contributed by atoms with Crippen LogP contribution < -0.4 is 11.2 Å². The van der Waals surface area contributed by atoms with Gasteiger partial charge in [0.1, 0.15) is 25.0 Å². The second kappa shape index (κ2) is 10.7. The molecule has 10 nitrogen and oxygen atoms in total. The monoisotopic (exact) mass is 494 g/mol. The zero-order chi connectivity index (χ0) is 25.8. The van der Waals surface area contributed by atoms with Crippen molar-refractivity contribution in [2.75, 3.05) is 6.61 Å². The highest BCUT2D eigenvalue weighted by molar-refractivity contribution is 5.90. The molecule has 3 aromatic rings. The number of ether oxygens (including phenoxy) is 3. The maximum Gasteiger partial charge on any atom is 0.338 e. The number of benzene rings is 2. The van der Waals surface area contributed by atoms with Gasteiger partial charge in [-0.3, -0.25) is 14.3 Å². The number of aromatic nitrogens is 2. The number of rotatable bonds is 7. The molecule has 36 heavy (non-hydrogen) atoms. The minimum atomic E-state index is -0.932. The summed E-state index contributed by atoms with van der Waals surface area (Å²) in [6.07, 6.45) is -1.41. The number of esters is 2. The van der Waals surface area contributed by atoms with Crippen LogP contribution in [0.15, 0.2) is 64.3 Å². The number of aliphatic hydroxyl groups excluding tert-OH is 1. The Balaban J connectivity index is 1.54. The van der Waals surface area contributed by atoms with Crippen molar-refractivity contribution in [2.45, 2.75) is 45.3 Å². The number of hydrogen-bond acceptors (Lipinski definition) is 8. The number of hydrogen-bond donors (Lipinski definition) is 2. The van der Waals surface area contributed by atoms with Gasteiger partial charge in [-0.25, -0.2) is 14.4 Å². The Labute approximate surface area is 206 Å². The van der Waals surface area contributed by atoms with Gasteiger partial charge >= 0.3 is 17.6 Å². The van der Waals surface area contributed by atoms with Crippen LogP contribution in [0.3, 0.4) is 0 Å². The quantitative estimate of drug-likeness (QED) is 0.476. The standard InChI is InChI=1S/C26H26N2O8/c1-15-3-7-17(8-4-15)24(31)34-14-21-20(36-25(32)18-9-5-16(2)6-10-18)11-22(35-21)28-12-19(13-29)23(30)27-26(28)33/h3-10,12,20-22,29H,11,13-14H2,1-2H3,(H,27,30,33)/t20-,21+,22+/m0/s1. The minimum absolute atomic E-state index is 0.0272. The van der Waals surface area contributed by atoms with Crippen molar-refractivity contribution < 1.29 is 28.9 Å². The SMILES string of the molecule is Cc1ccc(C(=O)OC[C@H]2O[C@@H](n3cc(CO)c(=O)[nH]c3=O)C[C@@H]2OC(=O)c2ccc(C)cc2)cc1. The van der Waals surface area contributed by atoms with Crippen LogP contribution in [0.1, 0.15) is 50.1 Å². The molecule has 4 rings (SSSR count). The Hall–Kier alpha value is -4.02. The zero-order valence-corrected chi connectivity index (χ0v) is 19.8. The molecule has 0 bridgehead atoms. The Morgan fingerprint density at radius 1 is 1.00 bits per heavy atom. The smallest absolute Gasteiger partial charge is 0.338 e. The average molecular weight is 495 g/mol. The first kappa shape index (κ1) is 25.1. The number of nitrogens with zero attached hydrogens (tertiary/aromatic N) is 1. The van der Waals surface area contributed by atoms with Crippen LogP contribution in [0.5, 0.6) is 0 Å². The summed E-state index contributed by atoms with van der Waals surface area (Å²) >= 11 is 0. The maximum absolute atomic E-state index is 12.8. The fourth-order valence-corrected chi connectivity index (χ4v) is 3.82. The van der Waals surface area contributed by atoms with Gasteiger partial charge in [-0.15, -0.1) is 0 Å². The molecule has 1 aliphatic rings. The molecular formula is C26H26N2O8. The first-order valence-electron chi connectivity index (χ1n) is 11.4. The third-order valence-corrected chi connectivity index (χ3v) is 5.91. The highest BCUT2D eigenvalue weighted by atomic mass is 16.6. The molecule has 0 unspecified atom stereocenters. The highest BCUT2D eigenvalue weighted by Crippen LogP contribution is 2.31. The summed E-state index contributed by atoms with van der Waals surface area (Å²) in [5.74, 6) is -1.17. The van der Waals surface area contributed by atoms with Crippen LogP contribution in [-0.2, 0) is 20.8 Å². The van der Waals surface area contributed by atoms with Gasteiger partial charge in [-0.2, -0.15) is 0 Å². The van der Waals surface area contributed by atoms with Crippen molar-refractivity contribution >= 4 is 11.9 Å². The Morgan fingerprint density at radius 2 is 1.58 bits per heavy atom. The van der Waals surface area contributed by atoms with E-state index in [-0.39, 0.29) is 18.6 Å². The fraction of sp³-hybridized carbons (Fsp3) is 0.308. The lowest BCUT2D eigenvalue weighted by molar-refractivity contribution is -0.0583. The Morgan fingerprint density at radius 3 is 2.17 bits per heavy atom. The molecule has 3 atom stereocenters. The summed E-state index contributed by atoms with van der Waals surface area (Å²) in [4.78, 5) is 51.7. The molecule has 1 aromatic heterocycles. The van der Waals surface area contributed by atoms with Crippen molar-refractivity contribution in [3.63, 3.8) is 0 Å². The number of aliphatic hydroxyl groups is 1. The second-order valence-corrected chi connectivity index (χ2v) is 8.62. The van der Waals surface area contributed by atoms with Gasteiger partial charge in [-0.05, 0) is 38.1 Å². The first-order chi connectivity index (χ1) is 17.2. The fourth-order valence-electron chi connectivity index (χ4n) is 3.82. The van der Waals surface area contributed by atoms with Gasteiger partial charge in [-0.1, -0.05) is 35.4 Å². The number of aromatic amines is 1. The van der Waals surface area contributed by atoms with E-state index in [1.807, 2.05) is 13.8 Å². The second-order valence-electron chi connectivity index (χ2n) is 8.62.